The molecule has 0 amide bonds. The third-order valence-corrected chi connectivity index (χ3v) is 4.24. The molecule has 0 aliphatic rings. The van der Waals surface area contributed by atoms with Crippen molar-refractivity contribution >= 4 is 39.1 Å². The zero-order chi connectivity index (χ0) is 13.0. The maximum atomic E-state index is 12.2. The van der Waals surface area contributed by atoms with E-state index in [0.29, 0.717) is 0 Å². The zero-order valence-electron chi connectivity index (χ0n) is 10.3. The first-order chi connectivity index (χ1) is 9.29. The molecule has 4 aromatic rings. The van der Waals surface area contributed by atoms with Crippen LogP contribution in [-0.4, -0.2) is 15.6 Å². The Morgan fingerprint density at radius 1 is 1.11 bits per heavy atom. The Kier molecular flexibility index (Phi) is 2.11. The topological polar surface area (TPSA) is 34.4 Å². The SMILES string of the molecule is CSc1ccc2c3ccnc4ccc(=O)n(c2c1)c43. The van der Waals surface area contributed by atoms with Gasteiger partial charge in [-0.25, -0.2) is 0 Å². The van der Waals surface area contributed by atoms with Gasteiger partial charge in [0.2, 0.25) is 0 Å². The van der Waals surface area contributed by atoms with Crippen LogP contribution in [0.1, 0.15) is 0 Å². The van der Waals surface area contributed by atoms with Crippen LogP contribution in [0.15, 0.2) is 52.3 Å². The second-order valence-corrected chi connectivity index (χ2v) is 5.36. The molecule has 0 unspecified atom stereocenters. The molecule has 4 heteroatoms. The maximum Gasteiger partial charge on any atom is 0.255 e. The quantitative estimate of drug-likeness (QED) is 0.496. The van der Waals surface area contributed by atoms with Crippen LogP contribution >= 0.6 is 11.8 Å². The van der Waals surface area contributed by atoms with E-state index in [-0.39, 0.29) is 5.56 Å². The van der Waals surface area contributed by atoms with Gasteiger partial charge in [0.1, 0.15) is 0 Å². The Hall–Kier alpha value is -2.07. The summed E-state index contributed by atoms with van der Waals surface area (Å²) in [5.41, 5.74) is 2.74. The van der Waals surface area contributed by atoms with Gasteiger partial charge in [-0.15, -0.1) is 11.8 Å². The molecular formula is C15H10N2OS. The van der Waals surface area contributed by atoms with Crippen LogP contribution in [-0.2, 0) is 0 Å². The van der Waals surface area contributed by atoms with Gasteiger partial charge in [-0.2, -0.15) is 0 Å². The number of pyridine rings is 2. The number of rotatable bonds is 1. The lowest BCUT2D eigenvalue weighted by Gasteiger charge is -1.99. The zero-order valence-corrected chi connectivity index (χ0v) is 11.1. The fourth-order valence-corrected chi connectivity index (χ4v) is 3.10. The molecular weight excluding hydrogens is 256 g/mol. The molecule has 3 aromatic heterocycles. The number of hydrogen-bond acceptors (Lipinski definition) is 3. The van der Waals surface area contributed by atoms with Gasteiger partial charge >= 0.3 is 0 Å². The van der Waals surface area contributed by atoms with Crippen molar-refractivity contribution in [3.05, 3.63) is 52.9 Å². The highest BCUT2D eigenvalue weighted by Gasteiger charge is 2.13. The molecule has 0 saturated carbocycles. The van der Waals surface area contributed by atoms with Gasteiger partial charge in [-0.1, -0.05) is 6.07 Å². The van der Waals surface area contributed by atoms with Gasteiger partial charge in [0.25, 0.3) is 5.56 Å². The van der Waals surface area contributed by atoms with Crippen LogP contribution in [0.5, 0.6) is 0 Å². The Bertz CT molecular complexity index is 974. The highest BCUT2D eigenvalue weighted by molar-refractivity contribution is 7.98. The molecule has 19 heavy (non-hydrogen) atoms. The summed E-state index contributed by atoms with van der Waals surface area (Å²) >= 11 is 1.68. The molecule has 0 N–H and O–H groups in total. The van der Waals surface area contributed by atoms with Crippen LogP contribution in [0, 0.1) is 0 Å². The highest BCUT2D eigenvalue weighted by Crippen LogP contribution is 2.31. The number of benzene rings is 1. The molecule has 1 aromatic carbocycles. The standard InChI is InChI=1S/C15H10N2OS/c1-19-9-2-3-10-11-6-7-16-12-4-5-14(18)17(15(11)12)13(10)8-9/h2-8H,1H3. The van der Waals surface area contributed by atoms with Gasteiger partial charge in [0.15, 0.2) is 0 Å². The van der Waals surface area contributed by atoms with Crippen molar-refractivity contribution in [3.63, 3.8) is 0 Å². The lowest BCUT2D eigenvalue weighted by Crippen LogP contribution is -2.10. The van der Waals surface area contributed by atoms with Crippen LogP contribution < -0.4 is 5.56 Å². The fraction of sp³-hybridized carbons (Fsp3) is 0.0667. The summed E-state index contributed by atoms with van der Waals surface area (Å²) in [5, 5.41) is 2.19. The summed E-state index contributed by atoms with van der Waals surface area (Å²) in [7, 11) is 0. The Balaban J connectivity index is 2.41. The molecule has 4 rings (SSSR count). The molecule has 3 nitrogen and oxygen atoms in total. The number of thioether (sulfide) groups is 1. The summed E-state index contributed by atoms with van der Waals surface area (Å²) in [6, 6.07) is 11.6. The predicted octanol–water partition coefficient (Wildman–Crippen LogP) is 3.16. The molecule has 0 atom stereocenters. The smallest absolute Gasteiger partial charge is 0.255 e. The molecule has 0 saturated heterocycles. The molecule has 0 bridgehead atoms. The van der Waals surface area contributed by atoms with E-state index in [1.165, 1.54) is 0 Å². The van der Waals surface area contributed by atoms with Gasteiger partial charge in [-0.05, 0) is 30.5 Å². The van der Waals surface area contributed by atoms with E-state index >= 15 is 0 Å². The first-order valence-electron chi connectivity index (χ1n) is 5.99. The number of nitrogens with zero attached hydrogens (tertiary/aromatic N) is 2. The minimum absolute atomic E-state index is 0.00115. The molecule has 0 aliphatic carbocycles. The second-order valence-electron chi connectivity index (χ2n) is 4.48. The van der Waals surface area contributed by atoms with E-state index in [9.17, 15) is 4.79 Å². The van der Waals surface area contributed by atoms with Crippen molar-refractivity contribution in [3.8, 4) is 0 Å². The first kappa shape index (κ1) is 10.8. The third-order valence-electron chi connectivity index (χ3n) is 3.52. The lowest BCUT2D eigenvalue weighted by molar-refractivity contribution is 1.17. The Labute approximate surface area is 113 Å². The van der Waals surface area contributed by atoms with Crippen molar-refractivity contribution in [2.24, 2.45) is 0 Å². The van der Waals surface area contributed by atoms with E-state index in [1.54, 1.807) is 34.5 Å². The van der Waals surface area contributed by atoms with Crippen molar-refractivity contribution in [1.82, 2.24) is 9.38 Å². The number of aromatic nitrogens is 2. The third kappa shape index (κ3) is 1.35. The average Bonchev–Trinajstić information content (AvgIpc) is 2.79. The number of fused-ring (bicyclic) bond motifs is 3. The Morgan fingerprint density at radius 3 is 2.84 bits per heavy atom. The monoisotopic (exact) mass is 266 g/mol. The van der Waals surface area contributed by atoms with Crippen molar-refractivity contribution in [1.29, 1.82) is 0 Å². The molecule has 0 aliphatic heterocycles. The van der Waals surface area contributed by atoms with Crippen LogP contribution in [0.2, 0.25) is 0 Å². The predicted molar refractivity (Wildman–Crippen MR) is 79.4 cm³/mol. The number of hydrogen-bond donors (Lipinski definition) is 0. The summed E-state index contributed by atoms with van der Waals surface area (Å²) in [6.45, 7) is 0. The summed E-state index contributed by atoms with van der Waals surface area (Å²) in [6.07, 6.45) is 3.83. The molecule has 0 fully saturated rings. The van der Waals surface area contributed by atoms with E-state index < -0.39 is 0 Å². The normalized spacial score (nSPS) is 11.8. The average molecular weight is 266 g/mol. The van der Waals surface area contributed by atoms with Gasteiger partial charge in [-0.3, -0.25) is 14.2 Å². The van der Waals surface area contributed by atoms with Crippen molar-refractivity contribution in [2.75, 3.05) is 6.26 Å². The van der Waals surface area contributed by atoms with Crippen LogP contribution in [0.25, 0.3) is 27.3 Å². The van der Waals surface area contributed by atoms with E-state index in [4.69, 9.17) is 0 Å². The van der Waals surface area contributed by atoms with E-state index in [0.717, 1.165) is 32.2 Å². The van der Waals surface area contributed by atoms with E-state index in [2.05, 4.69) is 23.2 Å². The summed E-state index contributed by atoms with van der Waals surface area (Å²) in [5.74, 6) is 0. The fourth-order valence-electron chi connectivity index (χ4n) is 2.67. The van der Waals surface area contributed by atoms with Gasteiger partial charge in [0.05, 0.1) is 16.6 Å². The maximum absolute atomic E-state index is 12.2. The minimum atomic E-state index is -0.00115. The van der Waals surface area contributed by atoms with Crippen LogP contribution in [0.3, 0.4) is 0 Å². The van der Waals surface area contributed by atoms with Crippen LogP contribution in [0.4, 0.5) is 0 Å². The van der Waals surface area contributed by atoms with Crippen molar-refractivity contribution in [2.45, 2.75) is 4.90 Å². The summed E-state index contributed by atoms with van der Waals surface area (Å²) in [4.78, 5) is 17.7. The highest BCUT2D eigenvalue weighted by atomic mass is 32.2. The molecule has 0 spiro atoms. The van der Waals surface area contributed by atoms with Gasteiger partial charge < -0.3 is 0 Å². The van der Waals surface area contributed by atoms with Crippen molar-refractivity contribution < 1.29 is 0 Å². The first-order valence-corrected chi connectivity index (χ1v) is 7.21. The largest absolute Gasteiger partial charge is 0.274 e. The molecule has 92 valence electrons. The molecule has 3 heterocycles. The summed E-state index contributed by atoms with van der Waals surface area (Å²) < 4.78 is 1.77. The second kappa shape index (κ2) is 3.71. The Morgan fingerprint density at radius 2 is 2.00 bits per heavy atom. The van der Waals surface area contributed by atoms with E-state index in [1.807, 2.05) is 12.3 Å². The minimum Gasteiger partial charge on any atom is -0.274 e. The molecule has 0 radical (unpaired) electrons. The van der Waals surface area contributed by atoms with Gasteiger partial charge in [0, 0.05) is 27.9 Å². The lowest BCUT2D eigenvalue weighted by atomic mass is 10.2.